The Morgan fingerprint density at radius 1 is 1.33 bits per heavy atom. The number of hydrogen-bond acceptors (Lipinski definition) is 3. The Kier molecular flexibility index (Phi) is 4.49. The zero-order valence-electron chi connectivity index (χ0n) is 8.66. The van der Waals surface area contributed by atoms with Crippen LogP contribution in [-0.4, -0.2) is 14.2 Å². The van der Waals surface area contributed by atoms with Gasteiger partial charge in [0.1, 0.15) is 0 Å². The maximum atomic E-state index is 11.5. The van der Waals surface area contributed by atoms with Crippen molar-refractivity contribution in [1.82, 2.24) is 0 Å². The van der Waals surface area contributed by atoms with Crippen molar-refractivity contribution in [1.29, 1.82) is 0 Å². The first-order chi connectivity index (χ1) is 7.00. The SMILES string of the molecule is CCSc1cccc(CC)c1S(=O)(=O)Cl. The first-order valence-electron chi connectivity index (χ1n) is 4.70. The molecule has 0 atom stereocenters. The first-order valence-corrected chi connectivity index (χ1v) is 7.99. The monoisotopic (exact) mass is 264 g/mol. The Bertz CT molecular complexity index is 441. The van der Waals surface area contributed by atoms with Crippen molar-refractivity contribution >= 4 is 31.5 Å². The van der Waals surface area contributed by atoms with Gasteiger partial charge in [0.25, 0.3) is 9.05 Å². The van der Waals surface area contributed by atoms with Crippen LogP contribution >= 0.6 is 22.4 Å². The summed E-state index contributed by atoms with van der Waals surface area (Å²) >= 11 is 1.49. The summed E-state index contributed by atoms with van der Waals surface area (Å²) in [5.41, 5.74) is 0.781. The number of rotatable bonds is 4. The lowest BCUT2D eigenvalue weighted by molar-refractivity contribution is 0.606. The number of thioether (sulfide) groups is 1. The minimum atomic E-state index is -3.65. The molecule has 0 aliphatic heterocycles. The van der Waals surface area contributed by atoms with Crippen LogP contribution in [0.15, 0.2) is 28.0 Å². The molecule has 15 heavy (non-hydrogen) atoms. The van der Waals surface area contributed by atoms with Crippen LogP contribution in [0.25, 0.3) is 0 Å². The van der Waals surface area contributed by atoms with Gasteiger partial charge in [-0.1, -0.05) is 26.0 Å². The van der Waals surface area contributed by atoms with Gasteiger partial charge in [-0.25, -0.2) is 8.42 Å². The lowest BCUT2D eigenvalue weighted by Gasteiger charge is -2.09. The van der Waals surface area contributed by atoms with Crippen LogP contribution in [0.2, 0.25) is 0 Å². The van der Waals surface area contributed by atoms with E-state index < -0.39 is 9.05 Å². The largest absolute Gasteiger partial charge is 0.262 e. The fourth-order valence-electron chi connectivity index (χ4n) is 1.39. The molecule has 0 N–H and O–H groups in total. The number of benzene rings is 1. The van der Waals surface area contributed by atoms with Gasteiger partial charge in [0, 0.05) is 15.6 Å². The Hall–Kier alpha value is -0.190. The van der Waals surface area contributed by atoms with Gasteiger partial charge in [0.15, 0.2) is 0 Å². The maximum Gasteiger partial charge on any atom is 0.262 e. The molecular weight excluding hydrogens is 252 g/mol. The molecule has 0 fully saturated rings. The fourth-order valence-corrected chi connectivity index (χ4v) is 4.16. The van der Waals surface area contributed by atoms with Crippen LogP contribution in [0, 0.1) is 0 Å². The predicted molar refractivity (Wildman–Crippen MR) is 65.3 cm³/mol. The van der Waals surface area contributed by atoms with E-state index in [2.05, 4.69) is 0 Å². The maximum absolute atomic E-state index is 11.5. The highest BCUT2D eigenvalue weighted by Gasteiger charge is 2.19. The molecule has 0 amide bonds. The molecule has 2 nitrogen and oxygen atoms in total. The molecule has 0 saturated heterocycles. The van der Waals surface area contributed by atoms with E-state index in [1.165, 1.54) is 11.8 Å². The van der Waals surface area contributed by atoms with Crippen molar-refractivity contribution in [2.24, 2.45) is 0 Å². The van der Waals surface area contributed by atoms with Gasteiger partial charge in [0.05, 0.1) is 4.90 Å². The molecular formula is C10H13ClO2S2. The van der Waals surface area contributed by atoms with Crippen LogP contribution in [0.4, 0.5) is 0 Å². The minimum absolute atomic E-state index is 0.279. The predicted octanol–water partition coefficient (Wildman–Crippen LogP) is 3.29. The summed E-state index contributed by atoms with van der Waals surface area (Å²) in [4.78, 5) is 1.02. The van der Waals surface area contributed by atoms with Crippen LogP contribution in [0.5, 0.6) is 0 Å². The van der Waals surface area contributed by atoms with E-state index in [1.807, 2.05) is 19.9 Å². The van der Waals surface area contributed by atoms with Crippen molar-refractivity contribution in [2.75, 3.05) is 5.75 Å². The van der Waals surface area contributed by atoms with Gasteiger partial charge in [-0.2, -0.15) is 0 Å². The lowest BCUT2D eigenvalue weighted by atomic mass is 10.2. The Balaban J connectivity index is 3.41. The molecule has 0 aliphatic carbocycles. The summed E-state index contributed by atoms with van der Waals surface area (Å²) in [7, 11) is 1.80. The highest BCUT2D eigenvalue weighted by molar-refractivity contribution is 8.14. The quantitative estimate of drug-likeness (QED) is 0.618. The second-order valence-electron chi connectivity index (χ2n) is 2.97. The lowest BCUT2D eigenvalue weighted by Crippen LogP contribution is -1.99. The molecule has 1 aromatic rings. The highest BCUT2D eigenvalue weighted by Crippen LogP contribution is 2.31. The molecule has 0 spiro atoms. The molecule has 0 unspecified atom stereocenters. The Morgan fingerprint density at radius 2 is 2.00 bits per heavy atom. The second kappa shape index (κ2) is 5.23. The molecule has 0 aromatic heterocycles. The average molecular weight is 265 g/mol. The van der Waals surface area contributed by atoms with Crippen molar-refractivity contribution in [3.05, 3.63) is 23.8 Å². The summed E-state index contributed by atoms with van der Waals surface area (Å²) in [5, 5.41) is 0. The first kappa shape index (κ1) is 12.9. The van der Waals surface area contributed by atoms with Gasteiger partial charge in [-0.15, -0.1) is 11.8 Å². The van der Waals surface area contributed by atoms with Crippen molar-refractivity contribution < 1.29 is 8.42 Å². The second-order valence-corrected chi connectivity index (χ2v) is 6.78. The van der Waals surface area contributed by atoms with Gasteiger partial charge in [-0.3, -0.25) is 0 Å². The van der Waals surface area contributed by atoms with Crippen LogP contribution in [0.3, 0.4) is 0 Å². The smallest absolute Gasteiger partial charge is 0.207 e. The summed E-state index contributed by atoms with van der Waals surface area (Å²) in [6.45, 7) is 3.90. The molecule has 0 aliphatic rings. The molecule has 0 radical (unpaired) electrons. The normalized spacial score (nSPS) is 11.7. The van der Waals surface area contributed by atoms with Crippen LogP contribution < -0.4 is 0 Å². The third-order valence-electron chi connectivity index (χ3n) is 1.99. The summed E-state index contributed by atoms with van der Waals surface area (Å²) in [5.74, 6) is 0.826. The molecule has 1 rings (SSSR count). The van der Waals surface area contributed by atoms with Gasteiger partial charge < -0.3 is 0 Å². The van der Waals surface area contributed by atoms with E-state index >= 15 is 0 Å². The van der Waals surface area contributed by atoms with Crippen molar-refractivity contribution in [2.45, 2.75) is 30.1 Å². The Morgan fingerprint density at radius 3 is 2.47 bits per heavy atom. The molecule has 0 heterocycles. The van der Waals surface area contributed by atoms with Gasteiger partial charge in [0.2, 0.25) is 0 Å². The summed E-state index contributed by atoms with van der Waals surface area (Å²) in [6.07, 6.45) is 0.666. The van der Waals surface area contributed by atoms with E-state index in [0.29, 0.717) is 6.42 Å². The van der Waals surface area contributed by atoms with E-state index in [4.69, 9.17) is 10.7 Å². The highest BCUT2D eigenvalue weighted by atomic mass is 35.7. The number of aryl methyl sites for hydroxylation is 1. The average Bonchev–Trinajstić information content (AvgIpc) is 2.16. The molecule has 0 bridgehead atoms. The molecule has 1 aromatic carbocycles. The summed E-state index contributed by atoms with van der Waals surface area (Å²) in [6, 6.07) is 5.46. The van der Waals surface area contributed by atoms with Crippen molar-refractivity contribution in [3.63, 3.8) is 0 Å². The van der Waals surface area contributed by atoms with Gasteiger partial charge in [-0.05, 0) is 23.8 Å². The number of hydrogen-bond donors (Lipinski definition) is 0. The van der Waals surface area contributed by atoms with E-state index in [1.54, 1.807) is 12.1 Å². The van der Waals surface area contributed by atoms with Crippen LogP contribution in [0.1, 0.15) is 19.4 Å². The molecule has 0 saturated carbocycles. The molecule has 5 heteroatoms. The zero-order chi connectivity index (χ0) is 11.5. The van der Waals surface area contributed by atoms with E-state index in [0.717, 1.165) is 16.2 Å². The van der Waals surface area contributed by atoms with E-state index in [9.17, 15) is 8.42 Å². The Labute approximate surface area is 99.4 Å². The number of halogens is 1. The van der Waals surface area contributed by atoms with E-state index in [-0.39, 0.29) is 4.90 Å². The van der Waals surface area contributed by atoms with Gasteiger partial charge >= 0.3 is 0 Å². The third-order valence-corrected chi connectivity index (χ3v) is 4.49. The fraction of sp³-hybridized carbons (Fsp3) is 0.400. The minimum Gasteiger partial charge on any atom is -0.207 e. The summed E-state index contributed by atoms with van der Waals surface area (Å²) < 4.78 is 22.9. The zero-order valence-corrected chi connectivity index (χ0v) is 11.0. The molecule has 84 valence electrons. The van der Waals surface area contributed by atoms with Crippen LogP contribution in [-0.2, 0) is 15.5 Å². The topological polar surface area (TPSA) is 34.1 Å². The third kappa shape index (κ3) is 3.13. The van der Waals surface area contributed by atoms with Crippen molar-refractivity contribution in [3.8, 4) is 0 Å². The standard InChI is InChI=1S/C10H13ClO2S2/c1-3-8-6-5-7-9(14-4-2)10(8)15(11,12)13/h5-7H,3-4H2,1-2H3.